The number of hydrogen-bond acceptors (Lipinski definition) is 4. The SMILES string of the molecule is CCc1noc(Cn2cnc3cc(F)c(F)cc32)n1. The van der Waals surface area contributed by atoms with Gasteiger partial charge in [-0.25, -0.2) is 13.8 Å². The van der Waals surface area contributed by atoms with Crippen LogP contribution in [0.25, 0.3) is 11.0 Å². The lowest BCUT2D eigenvalue weighted by Crippen LogP contribution is -1.99. The van der Waals surface area contributed by atoms with Gasteiger partial charge in [-0.2, -0.15) is 4.98 Å². The number of aryl methyl sites for hydroxylation is 1. The Labute approximate surface area is 106 Å². The van der Waals surface area contributed by atoms with Crippen molar-refractivity contribution in [3.63, 3.8) is 0 Å². The van der Waals surface area contributed by atoms with E-state index in [-0.39, 0.29) is 6.54 Å². The molecule has 0 saturated carbocycles. The monoisotopic (exact) mass is 264 g/mol. The number of fused-ring (bicyclic) bond motifs is 1. The molecule has 0 aliphatic heterocycles. The summed E-state index contributed by atoms with van der Waals surface area (Å²) in [7, 11) is 0. The third-order valence-corrected chi connectivity index (χ3v) is 2.80. The molecule has 1 aromatic carbocycles. The first-order valence-corrected chi connectivity index (χ1v) is 5.78. The Morgan fingerprint density at radius 1 is 1.26 bits per heavy atom. The second kappa shape index (κ2) is 4.42. The third-order valence-electron chi connectivity index (χ3n) is 2.80. The van der Waals surface area contributed by atoms with E-state index >= 15 is 0 Å². The van der Waals surface area contributed by atoms with Crippen LogP contribution in [0.1, 0.15) is 18.6 Å². The van der Waals surface area contributed by atoms with Gasteiger partial charge in [-0.05, 0) is 0 Å². The van der Waals surface area contributed by atoms with Crippen molar-refractivity contribution in [3.05, 3.63) is 41.8 Å². The molecule has 0 amide bonds. The van der Waals surface area contributed by atoms with Crippen LogP contribution in [0.15, 0.2) is 23.0 Å². The Bertz CT molecular complexity index is 734. The van der Waals surface area contributed by atoms with E-state index in [1.165, 1.54) is 6.33 Å². The highest BCUT2D eigenvalue weighted by Gasteiger charge is 2.11. The van der Waals surface area contributed by atoms with Gasteiger partial charge in [0.25, 0.3) is 0 Å². The van der Waals surface area contributed by atoms with E-state index in [1.54, 1.807) is 4.57 Å². The first-order valence-electron chi connectivity index (χ1n) is 5.78. The molecule has 3 aromatic rings. The summed E-state index contributed by atoms with van der Waals surface area (Å²) >= 11 is 0. The number of hydrogen-bond donors (Lipinski definition) is 0. The fourth-order valence-electron chi connectivity index (χ4n) is 1.82. The van der Waals surface area contributed by atoms with Gasteiger partial charge in [0.1, 0.15) is 6.54 Å². The molecule has 98 valence electrons. The average Bonchev–Trinajstić information content (AvgIpc) is 2.99. The minimum atomic E-state index is -0.913. The standard InChI is InChI=1S/C12H10F2N4O/c1-2-11-16-12(19-17-11)5-18-6-15-9-3-7(13)8(14)4-10(9)18/h3-4,6H,2,5H2,1H3. The second-order valence-corrected chi connectivity index (χ2v) is 4.09. The van der Waals surface area contributed by atoms with Crippen LogP contribution in [0.5, 0.6) is 0 Å². The van der Waals surface area contributed by atoms with E-state index < -0.39 is 11.6 Å². The molecule has 0 fully saturated rings. The van der Waals surface area contributed by atoms with Crippen LogP contribution in [0.4, 0.5) is 8.78 Å². The number of aromatic nitrogens is 4. The topological polar surface area (TPSA) is 56.7 Å². The minimum absolute atomic E-state index is 0.272. The normalized spacial score (nSPS) is 11.3. The van der Waals surface area contributed by atoms with Crippen LogP contribution >= 0.6 is 0 Å². The van der Waals surface area contributed by atoms with Gasteiger partial charge in [0.15, 0.2) is 17.5 Å². The van der Waals surface area contributed by atoms with Crippen LogP contribution in [0.2, 0.25) is 0 Å². The zero-order valence-corrected chi connectivity index (χ0v) is 10.1. The molecule has 19 heavy (non-hydrogen) atoms. The summed E-state index contributed by atoms with van der Waals surface area (Å²) in [4.78, 5) is 8.17. The van der Waals surface area contributed by atoms with Crippen LogP contribution in [-0.2, 0) is 13.0 Å². The van der Waals surface area contributed by atoms with Gasteiger partial charge >= 0.3 is 0 Å². The second-order valence-electron chi connectivity index (χ2n) is 4.09. The van der Waals surface area contributed by atoms with Crippen LogP contribution in [0, 0.1) is 11.6 Å². The molecule has 0 unspecified atom stereocenters. The molecule has 2 aromatic heterocycles. The van der Waals surface area contributed by atoms with E-state index in [0.29, 0.717) is 29.2 Å². The molecular formula is C12H10F2N4O. The summed E-state index contributed by atoms with van der Waals surface area (Å²) < 4.78 is 33.0. The Morgan fingerprint density at radius 3 is 2.79 bits per heavy atom. The van der Waals surface area contributed by atoms with Crippen molar-refractivity contribution in [2.45, 2.75) is 19.9 Å². The van der Waals surface area contributed by atoms with E-state index in [4.69, 9.17) is 4.52 Å². The molecule has 0 aliphatic carbocycles. The van der Waals surface area contributed by atoms with Gasteiger partial charge in [-0.3, -0.25) is 0 Å². The summed E-state index contributed by atoms with van der Waals surface area (Å²) in [5.74, 6) is -0.810. The van der Waals surface area contributed by atoms with Crippen molar-refractivity contribution in [3.8, 4) is 0 Å². The van der Waals surface area contributed by atoms with Gasteiger partial charge in [-0.1, -0.05) is 12.1 Å². The lowest BCUT2D eigenvalue weighted by atomic mass is 10.3. The van der Waals surface area contributed by atoms with Crippen molar-refractivity contribution >= 4 is 11.0 Å². The van der Waals surface area contributed by atoms with Crippen molar-refractivity contribution in [1.29, 1.82) is 0 Å². The highest BCUT2D eigenvalue weighted by Crippen LogP contribution is 2.18. The fourth-order valence-corrected chi connectivity index (χ4v) is 1.82. The molecule has 5 nitrogen and oxygen atoms in total. The summed E-state index contributed by atoms with van der Waals surface area (Å²) in [6, 6.07) is 2.17. The number of benzene rings is 1. The zero-order valence-electron chi connectivity index (χ0n) is 10.1. The minimum Gasteiger partial charge on any atom is -0.337 e. The molecule has 2 heterocycles. The maximum absolute atomic E-state index is 13.2. The Morgan fingerprint density at radius 2 is 2.05 bits per heavy atom. The molecule has 0 N–H and O–H groups in total. The smallest absolute Gasteiger partial charge is 0.246 e. The van der Waals surface area contributed by atoms with Crippen LogP contribution in [0.3, 0.4) is 0 Å². The van der Waals surface area contributed by atoms with Crippen LogP contribution < -0.4 is 0 Å². The number of nitrogens with zero attached hydrogens (tertiary/aromatic N) is 4. The van der Waals surface area contributed by atoms with Crippen molar-refractivity contribution in [2.75, 3.05) is 0 Å². The van der Waals surface area contributed by atoms with Gasteiger partial charge in [0, 0.05) is 18.6 Å². The molecule has 0 bridgehead atoms. The van der Waals surface area contributed by atoms with Gasteiger partial charge < -0.3 is 9.09 Å². The van der Waals surface area contributed by atoms with E-state index in [9.17, 15) is 8.78 Å². The summed E-state index contributed by atoms with van der Waals surface area (Å²) in [5, 5.41) is 3.77. The predicted octanol–water partition coefficient (Wildman–Crippen LogP) is 2.31. The quantitative estimate of drug-likeness (QED) is 0.728. The molecule has 0 aliphatic rings. The van der Waals surface area contributed by atoms with E-state index in [2.05, 4.69) is 15.1 Å². The van der Waals surface area contributed by atoms with E-state index in [1.807, 2.05) is 6.92 Å². The van der Waals surface area contributed by atoms with E-state index in [0.717, 1.165) is 12.1 Å². The highest BCUT2D eigenvalue weighted by molar-refractivity contribution is 5.75. The fraction of sp³-hybridized carbons (Fsp3) is 0.250. The van der Waals surface area contributed by atoms with Crippen molar-refractivity contribution in [1.82, 2.24) is 19.7 Å². The summed E-state index contributed by atoms with van der Waals surface area (Å²) in [5.41, 5.74) is 0.865. The predicted molar refractivity (Wildman–Crippen MR) is 62.4 cm³/mol. The highest BCUT2D eigenvalue weighted by atomic mass is 19.2. The molecule has 0 saturated heterocycles. The lowest BCUT2D eigenvalue weighted by Gasteiger charge is -2.00. The first kappa shape index (κ1) is 11.8. The Kier molecular flexibility index (Phi) is 2.73. The molecular weight excluding hydrogens is 254 g/mol. The Hall–Kier alpha value is -2.31. The van der Waals surface area contributed by atoms with Gasteiger partial charge in [0.05, 0.1) is 17.4 Å². The molecule has 0 radical (unpaired) electrons. The largest absolute Gasteiger partial charge is 0.337 e. The number of halogens is 2. The maximum Gasteiger partial charge on any atom is 0.246 e. The summed E-state index contributed by atoms with van der Waals surface area (Å²) in [6.45, 7) is 2.19. The molecule has 3 rings (SSSR count). The Balaban J connectivity index is 1.98. The van der Waals surface area contributed by atoms with Crippen molar-refractivity contribution < 1.29 is 13.3 Å². The molecule has 0 spiro atoms. The maximum atomic E-state index is 13.2. The third kappa shape index (κ3) is 2.07. The number of imidazole rings is 1. The molecule has 7 heteroatoms. The average molecular weight is 264 g/mol. The number of rotatable bonds is 3. The molecule has 0 atom stereocenters. The van der Waals surface area contributed by atoms with Gasteiger partial charge in [0.2, 0.25) is 5.89 Å². The summed E-state index contributed by atoms with van der Waals surface area (Å²) in [6.07, 6.45) is 2.16. The van der Waals surface area contributed by atoms with Crippen molar-refractivity contribution in [2.24, 2.45) is 0 Å². The van der Waals surface area contributed by atoms with Crippen LogP contribution in [-0.4, -0.2) is 19.7 Å². The first-order chi connectivity index (χ1) is 9.17. The zero-order chi connectivity index (χ0) is 13.4. The van der Waals surface area contributed by atoms with Gasteiger partial charge in [-0.15, -0.1) is 0 Å². The lowest BCUT2D eigenvalue weighted by molar-refractivity contribution is 0.367.